The third-order valence-electron chi connectivity index (χ3n) is 3.15. The van der Waals surface area contributed by atoms with Gasteiger partial charge in [0.2, 0.25) is 0 Å². The number of nitrogens with zero attached hydrogens (tertiary/aromatic N) is 1. The predicted molar refractivity (Wildman–Crippen MR) is 67.2 cm³/mol. The molecule has 0 radical (unpaired) electrons. The molecule has 17 heavy (non-hydrogen) atoms. The Morgan fingerprint density at radius 3 is 2.71 bits per heavy atom. The quantitative estimate of drug-likeness (QED) is 0.806. The lowest BCUT2D eigenvalue weighted by atomic mass is 9.81. The van der Waals surface area contributed by atoms with Gasteiger partial charge in [-0.2, -0.15) is 0 Å². The number of pyridine rings is 1. The largest absolute Gasteiger partial charge is 0.376 e. The van der Waals surface area contributed by atoms with Crippen molar-refractivity contribution < 1.29 is 4.79 Å². The Morgan fingerprint density at radius 1 is 1.41 bits per heavy atom. The zero-order chi connectivity index (χ0) is 12.3. The second-order valence-electron chi connectivity index (χ2n) is 4.48. The van der Waals surface area contributed by atoms with Crippen molar-refractivity contribution in [1.82, 2.24) is 10.3 Å². The second-order valence-corrected chi connectivity index (χ2v) is 4.48. The minimum Gasteiger partial charge on any atom is -0.376 e. The van der Waals surface area contributed by atoms with Crippen LogP contribution < -0.4 is 5.32 Å². The molecule has 1 aliphatic rings. The molecule has 2 heterocycles. The fraction of sp³-hybridized carbons (Fsp3) is 0.286. The molecule has 0 fully saturated rings. The first-order valence-corrected chi connectivity index (χ1v) is 5.73. The van der Waals surface area contributed by atoms with Crippen molar-refractivity contribution in [2.45, 2.75) is 19.4 Å². The molecule has 0 saturated carbocycles. The highest BCUT2D eigenvalue weighted by Crippen LogP contribution is 2.32. The van der Waals surface area contributed by atoms with Gasteiger partial charge in [-0.25, -0.2) is 0 Å². The molecule has 0 bridgehead atoms. The fourth-order valence-electron chi connectivity index (χ4n) is 2.02. The maximum Gasteiger partial charge on any atom is 0.151 e. The van der Waals surface area contributed by atoms with Crippen LogP contribution >= 0.6 is 0 Å². The van der Waals surface area contributed by atoms with Crippen molar-refractivity contribution in [2.75, 3.05) is 0 Å². The first kappa shape index (κ1) is 11.6. The van der Waals surface area contributed by atoms with E-state index >= 15 is 0 Å². The minimum atomic E-state index is -0.326. The normalized spacial score (nSPS) is 23.1. The molecule has 1 aromatic heterocycles. The first-order chi connectivity index (χ1) is 8.19. The summed E-state index contributed by atoms with van der Waals surface area (Å²) in [6, 6.07) is 5.87. The lowest BCUT2D eigenvalue weighted by Gasteiger charge is -2.36. The van der Waals surface area contributed by atoms with Crippen LogP contribution in [0.4, 0.5) is 0 Å². The Bertz CT molecular complexity index is 462. The number of dihydropyridines is 1. The molecule has 0 aliphatic carbocycles. The summed E-state index contributed by atoms with van der Waals surface area (Å²) in [5.41, 5.74) is 1.29. The summed E-state index contributed by atoms with van der Waals surface area (Å²) in [6.45, 7) is 4.26. The van der Waals surface area contributed by atoms with Crippen molar-refractivity contribution in [1.29, 1.82) is 0 Å². The molecule has 0 amide bonds. The van der Waals surface area contributed by atoms with Crippen molar-refractivity contribution in [3.63, 3.8) is 0 Å². The number of allylic oxidation sites excluding steroid dienone is 2. The monoisotopic (exact) mass is 228 g/mol. The zero-order valence-corrected chi connectivity index (χ0v) is 10.1. The summed E-state index contributed by atoms with van der Waals surface area (Å²) < 4.78 is 0. The van der Waals surface area contributed by atoms with Gasteiger partial charge in [0, 0.05) is 18.0 Å². The second kappa shape index (κ2) is 4.53. The van der Waals surface area contributed by atoms with Crippen LogP contribution in [-0.4, -0.2) is 11.3 Å². The molecule has 0 saturated heterocycles. The average Bonchev–Trinajstić information content (AvgIpc) is 2.39. The molecule has 3 heteroatoms. The molecular formula is C14H16N2O. The van der Waals surface area contributed by atoms with Crippen molar-refractivity contribution in [2.24, 2.45) is 5.92 Å². The van der Waals surface area contributed by atoms with Crippen LogP contribution in [-0.2, 0) is 10.3 Å². The van der Waals surface area contributed by atoms with E-state index in [0.29, 0.717) is 11.5 Å². The van der Waals surface area contributed by atoms with Gasteiger partial charge in [-0.05, 0) is 18.1 Å². The third kappa shape index (κ3) is 2.00. The summed E-state index contributed by atoms with van der Waals surface area (Å²) in [4.78, 5) is 15.1. The van der Waals surface area contributed by atoms with E-state index in [1.165, 1.54) is 0 Å². The van der Waals surface area contributed by atoms with E-state index in [1.807, 2.05) is 30.4 Å². The Labute approximate surface area is 101 Å². The first-order valence-electron chi connectivity index (χ1n) is 5.73. The number of aromatic nitrogens is 1. The highest BCUT2D eigenvalue weighted by molar-refractivity contribution is 5.78. The summed E-state index contributed by atoms with van der Waals surface area (Å²) in [5.74, 6) is 0.332. The van der Waals surface area contributed by atoms with Crippen LogP contribution in [0, 0.1) is 5.92 Å². The topological polar surface area (TPSA) is 42.0 Å². The smallest absolute Gasteiger partial charge is 0.151 e. The Morgan fingerprint density at radius 2 is 2.24 bits per heavy atom. The van der Waals surface area contributed by atoms with E-state index < -0.39 is 0 Å². The van der Waals surface area contributed by atoms with Crippen molar-refractivity contribution >= 4 is 6.29 Å². The van der Waals surface area contributed by atoms with Gasteiger partial charge in [0.15, 0.2) is 6.29 Å². The average molecular weight is 228 g/mol. The van der Waals surface area contributed by atoms with E-state index in [1.54, 1.807) is 12.4 Å². The van der Waals surface area contributed by atoms with Crippen molar-refractivity contribution in [3.05, 3.63) is 54.0 Å². The number of hydrogen-bond donors (Lipinski definition) is 1. The molecule has 1 atom stereocenters. The van der Waals surface area contributed by atoms with E-state index in [0.717, 1.165) is 12.0 Å². The van der Waals surface area contributed by atoms with Crippen LogP contribution in [0.1, 0.15) is 19.5 Å². The Balaban J connectivity index is 2.41. The van der Waals surface area contributed by atoms with Gasteiger partial charge in [-0.1, -0.05) is 32.1 Å². The van der Waals surface area contributed by atoms with Crippen molar-refractivity contribution in [3.8, 4) is 0 Å². The SMILES string of the molecule is CC(C)C1(c2ccccn2)C=CC(C=O)=CN1. The maximum absolute atomic E-state index is 10.7. The number of rotatable bonds is 3. The van der Waals surface area contributed by atoms with Gasteiger partial charge in [0.05, 0.1) is 5.69 Å². The predicted octanol–water partition coefficient (Wildman–Crippen LogP) is 2.18. The molecule has 3 nitrogen and oxygen atoms in total. The lowest BCUT2D eigenvalue weighted by molar-refractivity contribution is -0.104. The van der Waals surface area contributed by atoms with Crippen LogP contribution in [0.25, 0.3) is 0 Å². The van der Waals surface area contributed by atoms with E-state index in [-0.39, 0.29) is 5.54 Å². The number of carbonyl (C=O) groups is 1. The molecular weight excluding hydrogens is 212 g/mol. The maximum atomic E-state index is 10.7. The molecule has 1 aliphatic heterocycles. The molecule has 88 valence electrons. The minimum absolute atomic E-state index is 0.326. The van der Waals surface area contributed by atoms with Crippen LogP contribution in [0.2, 0.25) is 0 Å². The number of aldehydes is 1. The van der Waals surface area contributed by atoms with Gasteiger partial charge < -0.3 is 5.32 Å². The molecule has 0 spiro atoms. The molecule has 1 N–H and O–H groups in total. The van der Waals surface area contributed by atoms with Gasteiger partial charge in [-0.15, -0.1) is 0 Å². The summed E-state index contributed by atoms with van der Waals surface area (Å²) >= 11 is 0. The van der Waals surface area contributed by atoms with E-state index in [9.17, 15) is 4.79 Å². The van der Waals surface area contributed by atoms with Crippen LogP contribution in [0.5, 0.6) is 0 Å². The number of carbonyl (C=O) groups excluding carboxylic acids is 1. The Kier molecular flexibility index (Phi) is 3.09. The molecule has 1 unspecified atom stereocenters. The number of nitrogens with one attached hydrogen (secondary N) is 1. The molecule has 0 aromatic carbocycles. The summed E-state index contributed by atoms with van der Waals surface area (Å²) in [6.07, 6.45) is 8.24. The van der Waals surface area contributed by atoms with Gasteiger partial charge in [0.25, 0.3) is 0 Å². The van der Waals surface area contributed by atoms with E-state index in [2.05, 4.69) is 24.1 Å². The standard InChI is InChI=1S/C14H16N2O/c1-11(2)14(13-5-3-4-8-15-13)7-6-12(10-17)9-16-14/h3-11,16H,1-2H3. The van der Waals surface area contributed by atoms with Crippen LogP contribution in [0.15, 0.2) is 48.3 Å². The Hall–Kier alpha value is -1.90. The van der Waals surface area contributed by atoms with Gasteiger partial charge in [-0.3, -0.25) is 9.78 Å². The molecule has 1 aromatic rings. The highest BCUT2D eigenvalue weighted by atomic mass is 16.1. The molecule has 2 rings (SSSR count). The zero-order valence-electron chi connectivity index (χ0n) is 10.1. The van der Waals surface area contributed by atoms with Gasteiger partial charge >= 0.3 is 0 Å². The summed E-state index contributed by atoms with van der Waals surface area (Å²) in [7, 11) is 0. The van der Waals surface area contributed by atoms with E-state index in [4.69, 9.17) is 0 Å². The highest BCUT2D eigenvalue weighted by Gasteiger charge is 2.34. The fourth-order valence-corrected chi connectivity index (χ4v) is 2.02. The summed E-state index contributed by atoms with van der Waals surface area (Å²) in [5, 5.41) is 3.31. The van der Waals surface area contributed by atoms with Gasteiger partial charge in [0.1, 0.15) is 5.54 Å². The number of hydrogen-bond acceptors (Lipinski definition) is 3. The lowest BCUT2D eigenvalue weighted by Crippen LogP contribution is -2.44. The third-order valence-corrected chi connectivity index (χ3v) is 3.15. The van der Waals surface area contributed by atoms with Crippen LogP contribution in [0.3, 0.4) is 0 Å².